The molecule has 4 atom stereocenters. The summed E-state index contributed by atoms with van der Waals surface area (Å²) in [4.78, 5) is 136. The number of unbranched alkanes of at least 4 members (excludes halogenated alkanes) is 1. The van der Waals surface area contributed by atoms with Crippen LogP contribution in [0.25, 0.3) is 0 Å². The number of methoxy groups -OCH3 is 2. The molecule has 0 spiro atoms. The lowest BCUT2D eigenvalue weighted by Gasteiger charge is -2.19. The molecule has 4 N–H and O–H groups in total. The summed E-state index contributed by atoms with van der Waals surface area (Å²) >= 11 is 0. The van der Waals surface area contributed by atoms with Gasteiger partial charge in [-0.1, -0.05) is 206 Å². The lowest BCUT2D eigenvalue weighted by molar-refractivity contribution is -0.139. The number of likely N-dealkylation sites (tertiary alicyclic amines) is 4. The molecule has 16 rings (SSSR count). The van der Waals surface area contributed by atoms with Gasteiger partial charge in [0.15, 0.2) is 0 Å². The molecule has 0 aliphatic carbocycles. The van der Waals surface area contributed by atoms with Crippen LogP contribution in [0.2, 0.25) is 0 Å². The molecule has 143 heavy (non-hydrogen) atoms. The van der Waals surface area contributed by atoms with Crippen molar-refractivity contribution in [3.05, 3.63) is 338 Å². The fourth-order valence-corrected chi connectivity index (χ4v) is 16.2. The zero-order chi connectivity index (χ0) is 102. The topological polar surface area (TPSA) is 364 Å². The third-order valence-corrected chi connectivity index (χ3v) is 24.8. The first-order valence-electron chi connectivity index (χ1n) is 48.5. The predicted molar refractivity (Wildman–Crippen MR) is 550 cm³/mol. The van der Waals surface area contributed by atoms with Crippen LogP contribution in [0.3, 0.4) is 0 Å². The van der Waals surface area contributed by atoms with E-state index in [-0.39, 0.29) is 65.7 Å². The zero-order valence-corrected chi connectivity index (χ0v) is 84.4. The SMILES string of the molecule is C=C1CC(Cc2nc(CCc3ccc(C)cc3)nc(NCc3ccc(CNC(=O)OC(C)(C)C)cc3)n2)C(=O)N1C.C=C1CC(Cc2nc(CCc3ccc(C)cc3)nc(NCc3ccc(OC)cc3)n2)C(=O)N1C.C=C1CC(Cc2nc(Oc3ccc(C)cc3)nc(Oc3ccc(C)cc3)n2)C(=O)N1C.CCCCN1C(=O)CC(Cc2nc(CCc3ccc(C)cc3)nc(NCc3ccc(OC)cc3)n2)C1=O. The van der Waals surface area contributed by atoms with Crippen LogP contribution >= 0.6 is 0 Å². The standard InChI is InChI=1S/C32H40N6O3.C29H35N5O3.C27H31N5O2.C24H24N4O3/c1-21-7-9-23(10-8-21)15-16-27-35-28(18-26-17-22(2)38(6)29(26)39)37-30(36-27)33-19-24-11-13-25(14-12-24)20-34-31(40)41-32(3,4)5;1-4-5-16-34-27(35)18-23(28(34)36)17-26-31-25(15-12-21-8-6-20(2)7-9-21)32-29(33-26)30-19-22-10-13-24(37-3)14-11-22;1-18-5-7-20(8-6-18)11-14-24-29-25(16-22-15-19(2)32(3)26(22)33)31-27(30-24)28-17-21-9-12-23(34-4)13-10-21;1-15-5-9-19(10-6-15)30-23-25-21(14-18-13-17(3)28(4)22(18)29)26-24(27-23)31-20-11-7-16(2)8-12-20/h7-14,26H,2,15-20H2,1,3-6H3,(H,34,40)(H,33,35,36,37);6-11,13-14,23H,4-5,12,15-19H2,1-3H3,(H,30,31,32,33);5-10,12-13,22H,2,11,14-17H2,1,3-4H3,(H,28,29,30,31);5-12,18H,3,13-14H2,1-2,4H3. The fourth-order valence-electron chi connectivity index (χ4n) is 16.2. The average molecular weight is 1930 g/mol. The Kier molecular flexibility index (Phi) is 36.7. The number of hydrogen-bond acceptors (Lipinski definition) is 26. The number of carbonyl (C=O) groups excluding carboxylic acids is 6. The maximum atomic E-state index is 12.9. The van der Waals surface area contributed by atoms with Crippen molar-refractivity contribution in [3.8, 4) is 35.0 Å². The van der Waals surface area contributed by atoms with Crippen molar-refractivity contribution in [2.75, 3.05) is 57.9 Å². The Bertz CT molecular complexity index is 6340. The van der Waals surface area contributed by atoms with Crippen LogP contribution in [0.5, 0.6) is 35.0 Å². The number of alkyl carbamates (subject to hydrolysis) is 1. The number of amides is 6. The fraction of sp³-hybridized carbons (Fsp3) is 0.357. The summed E-state index contributed by atoms with van der Waals surface area (Å²) < 4.78 is 27.5. The van der Waals surface area contributed by atoms with Crippen LogP contribution in [-0.2, 0) is 119 Å². The van der Waals surface area contributed by atoms with E-state index in [4.69, 9.17) is 43.6 Å². The maximum Gasteiger partial charge on any atom is 0.407 e. The molecule has 12 aromatic rings. The highest BCUT2D eigenvalue weighted by Gasteiger charge is 2.40. The van der Waals surface area contributed by atoms with Gasteiger partial charge in [0.1, 0.15) is 69.4 Å². The summed E-state index contributed by atoms with van der Waals surface area (Å²) in [5, 5.41) is 12.7. The van der Waals surface area contributed by atoms with Gasteiger partial charge >= 0.3 is 18.1 Å². The van der Waals surface area contributed by atoms with Crippen molar-refractivity contribution in [2.45, 2.75) is 197 Å². The monoisotopic (exact) mass is 1930 g/mol. The summed E-state index contributed by atoms with van der Waals surface area (Å²) in [5.74, 6) is 7.42. The van der Waals surface area contributed by atoms with Gasteiger partial charge in [0.2, 0.25) is 47.4 Å². The van der Waals surface area contributed by atoms with Crippen LogP contribution in [0.4, 0.5) is 22.6 Å². The Morgan fingerprint density at radius 2 is 0.629 bits per heavy atom. The molecule has 0 bridgehead atoms. The third kappa shape index (κ3) is 31.7. The largest absolute Gasteiger partial charge is 0.497 e. The summed E-state index contributed by atoms with van der Waals surface area (Å²) in [6, 6.07) is 64.4. The summed E-state index contributed by atoms with van der Waals surface area (Å²) in [7, 11) is 8.56. The molecule has 8 aromatic carbocycles. The first-order valence-corrected chi connectivity index (χ1v) is 48.5. The summed E-state index contributed by atoms with van der Waals surface area (Å²) in [6.45, 7) is 32.2. The first kappa shape index (κ1) is 105. The smallest absolute Gasteiger partial charge is 0.407 e. The molecule has 6 amide bonds. The van der Waals surface area contributed by atoms with Crippen LogP contribution in [0, 0.1) is 58.3 Å². The van der Waals surface area contributed by atoms with Crippen LogP contribution in [-0.4, -0.2) is 163 Å². The molecule has 0 radical (unpaired) electrons. The highest BCUT2D eigenvalue weighted by atomic mass is 16.6. The van der Waals surface area contributed by atoms with Crippen molar-refractivity contribution >= 4 is 53.5 Å². The molecular formula is C112H130N20O11. The molecule has 4 saturated heterocycles. The van der Waals surface area contributed by atoms with Gasteiger partial charge < -0.3 is 59.7 Å². The van der Waals surface area contributed by atoms with E-state index in [0.29, 0.717) is 161 Å². The molecule has 744 valence electrons. The van der Waals surface area contributed by atoms with Crippen molar-refractivity contribution in [2.24, 2.45) is 23.7 Å². The second-order valence-corrected chi connectivity index (χ2v) is 37.6. The number of carbonyl (C=O) groups is 6. The second-order valence-electron chi connectivity index (χ2n) is 37.6. The number of imide groups is 1. The van der Waals surface area contributed by atoms with Crippen molar-refractivity contribution < 1.29 is 52.5 Å². The quantitative estimate of drug-likeness (QED) is 0.0263. The summed E-state index contributed by atoms with van der Waals surface area (Å²) in [5.41, 5.74) is 15.7. The highest BCUT2D eigenvalue weighted by molar-refractivity contribution is 6.03. The predicted octanol–water partition coefficient (Wildman–Crippen LogP) is 18.2. The number of anilines is 3. The Balaban J connectivity index is 0.000000161. The van der Waals surface area contributed by atoms with E-state index < -0.39 is 17.6 Å². The van der Waals surface area contributed by atoms with Gasteiger partial charge in [-0.3, -0.25) is 28.9 Å². The number of rotatable bonds is 37. The third-order valence-electron chi connectivity index (χ3n) is 24.8. The van der Waals surface area contributed by atoms with Gasteiger partial charge in [-0.2, -0.15) is 39.9 Å². The number of hydrogen-bond donors (Lipinski definition) is 4. The van der Waals surface area contributed by atoms with Gasteiger partial charge in [0.25, 0.3) is 0 Å². The molecular weight excluding hydrogens is 1800 g/mol. The molecule has 0 saturated carbocycles. The molecule has 4 aliphatic heterocycles. The molecule has 8 heterocycles. The van der Waals surface area contributed by atoms with Crippen molar-refractivity contribution in [3.63, 3.8) is 0 Å². The number of nitrogens with zero attached hydrogens (tertiary/aromatic N) is 16. The van der Waals surface area contributed by atoms with Crippen LogP contribution in [0.1, 0.15) is 174 Å². The highest BCUT2D eigenvalue weighted by Crippen LogP contribution is 2.34. The van der Waals surface area contributed by atoms with Gasteiger partial charge in [-0.25, -0.2) is 19.7 Å². The lowest BCUT2D eigenvalue weighted by Crippen LogP contribution is -2.32. The Labute approximate surface area is 837 Å². The zero-order valence-electron chi connectivity index (χ0n) is 84.4. The minimum Gasteiger partial charge on any atom is -0.497 e. The minimum absolute atomic E-state index is 0.00687. The lowest BCUT2D eigenvalue weighted by atomic mass is 10.0. The van der Waals surface area contributed by atoms with Crippen LogP contribution in [0.15, 0.2) is 231 Å². The van der Waals surface area contributed by atoms with Crippen molar-refractivity contribution in [1.82, 2.24) is 84.7 Å². The molecule has 31 heteroatoms. The molecule has 4 fully saturated rings. The molecule has 4 unspecified atom stereocenters. The number of allylic oxidation sites excluding steroid dienone is 3. The summed E-state index contributed by atoms with van der Waals surface area (Å²) in [6.07, 6.45) is 9.37. The average Bonchev–Trinajstić information content (AvgIpc) is 1.74. The molecule has 31 nitrogen and oxygen atoms in total. The Morgan fingerprint density at radius 3 is 0.930 bits per heavy atom. The molecule has 4 aliphatic rings. The van der Waals surface area contributed by atoms with E-state index in [1.807, 2.05) is 163 Å². The van der Waals surface area contributed by atoms with Gasteiger partial charge in [-0.15, -0.1) is 4.98 Å². The van der Waals surface area contributed by atoms with E-state index >= 15 is 0 Å². The van der Waals surface area contributed by atoms with E-state index in [1.165, 1.54) is 38.3 Å². The number of aromatic nitrogens is 12. The minimum atomic E-state index is -0.535. The van der Waals surface area contributed by atoms with E-state index in [1.54, 1.807) is 50.1 Å². The number of aryl methyl sites for hydroxylation is 11. The maximum absolute atomic E-state index is 12.9. The van der Waals surface area contributed by atoms with E-state index in [2.05, 4.69) is 174 Å². The second kappa shape index (κ2) is 50.0. The number of ether oxygens (including phenoxy) is 5. The number of nitrogens with one attached hydrogen (secondary N) is 4. The normalized spacial score (nSPS) is 15.5. The first-order chi connectivity index (χ1) is 68.7. The van der Waals surface area contributed by atoms with Gasteiger partial charge in [0, 0.05) is 122 Å². The Morgan fingerprint density at radius 1 is 0.350 bits per heavy atom. The van der Waals surface area contributed by atoms with Gasteiger partial charge in [-0.05, 0) is 188 Å². The van der Waals surface area contributed by atoms with Gasteiger partial charge in [0.05, 0.1) is 37.9 Å². The van der Waals surface area contributed by atoms with Crippen LogP contribution < -0.4 is 40.2 Å². The Hall–Kier alpha value is -15.6. The van der Waals surface area contributed by atoms with Crippen molar-refractivity contribution in [1.29, 1.82) is 0 Å². The molecule has 4 aromatic heterocycles. The van der Waals surface area contributed by atoms with E-state index in [9.17, 15) is 28.8 Å². The van der Waals surface area contributed by atoms with E-state index in [0.717, 1.165) is 99.9 Å². The number of benzene rings is 8.